The Hall–Kier alpha value is -1.10. The zero-order valence-corrected chi connectivity index (χ0v) is 12.8. The molecule has 1 amide bonds. The van der Waals surface area contributed by atoms with Crippen molar-refractivity contribution in [3.05, 3.63) is 62.3 Å². The Morgan fingerprint density at radius 2 is 1.74 bits per heavy atom. The summed E-state index contributed by atoms with van der Waals surface area (Å²) >= 11 is 14.9. The first-order valence-corrected chi connectivity index (χ1v) is 6.95. The number of hydrogen-bond acceptors (Lipinski definition) is 2. The first-order valence-electron chi connectivity index (χ1n) is 5.40. The van der Waals surface area contributed by atoms with Crippen molar-refractivity contribution in [1.29, 1.82) is 0 Å². The van der Waals surface area contributed by atoms with Gasteiger partial charge in [0.05, 0.1) is 0 Å². The number of carbonyl (C=O) groups excluding carboxylic acids is 1. The molecule has 0 saturated heterocycles. The van der Waals surface area contributed by atoms with Crippen LogP contribution in [0.5, 0.6) is 0 Å². The molecule has 3 nitrogen and oxygen atoms in total. The van der Waals surface area contributed by atoms with Crippen molar-refractivity contribution in [3.8, 4) is 0 Å². The van der Waals surface area contributed by atoms with Gasteiger partial charge in [0.25, 0.3) is 5.91 Å². The fraction of sp³-hybridized carbons (Fsp3) is 0.0769. The molecular formula is C13H9BrCl2N2O. The predicted molar refractivity (Wildman–Crippen MR) is 79.6 cm³/mol. The van der Waals surface area contributed by atoms with Crippen LogP contribution >= 0.6 is 39.1 Å². The molecule has 2 rings (SSSR count). The molecule has 0 aliphatic carbocycles. The van der Waals surface area contributed by atoms with E-state index >= 15 is 0 Å². The molecule has 1 N–H and O–H groups in total. The van der Waals surface area contributed by atoms with Gasteiger partial charge in [-0.1, -0.05) is 51.3 Å². The minimum atomic E-state index is -0.242. The summed E-state index contributed by atoms with van der Waals surface area (Å²) in [6.45, 7) is 0.434. The van der Waals surface area contributed by atoms with Crippen molar-refractivity contribution < 1.29 is 4.79 Å². The van der Waals surface area contributed by atoms with Gasteiger partial charge in [-0.2, -0.15) is 0 Å². The van der Waals surface area contributed by atoms with Crippen molar-refractivity contribution in [3.63, 3.8) is 0 Å². The van der Waals surface area contributed by atoms with E-state index in [4.69, 9.17) is 23.2 Å². The number of aromatic nitrogens is 1. The summed E-state index contributed by atoms with van der Waals surface area (Å²) in [5, 5.41) is 3.18. The van der Waals surface area contributed by atoms with E-state index in [1.807, 2.05) is 24.3 Å². The minimum absolute atomic E-state index is 0.196. The van der Waals surface area contributed by atoms with Crippen molar-refractivity contribution in [2.24, 2.45) is 0 Å². The highest BCUT2D eigenvalue weighted by molar-refractivity contribution is 9.10. The van der Waals surface area contributed by atoms with Crippen LogP contribution in [0, 0.1) is 0 Å². The number of halogens is 3. The standard InChI is InChI=1S/C13H9BrCl2N2O/c14-10-3-1-8(2-4-10)7-17-13(19)9-5-11(15)18-12(16)6-9/h1-6H,7H2,(H,17,19). The maximum Gasteiger partial charge on any atom is 0.251 e. The van der Waals surface area contributed by atoms with Crippen LogP contribution in [0.2, 0.25) is 10.3 Å². The highest BCUT2D eigenvalue weighted by Crippen LogP contribution is 2.15. The Labute approximate surface area is 129 Å². The molecule has 2 aromatic rings. The van der Waals surface area contributed by atoms with Gasteiger partial charge >= 0.3 is 0 Å². The first kappa shape index (κ1) is 14.3. The Bertz CT molecular complexity index is 582. The summed E-state index contributed by atoms with van der Waals surface area (Å²) in [6.07, 6.45) is 0. The normalized spacial score (nSPS) is 10.3. The molecule has 1 aromatic heterocycles. The van der Waals surface area contributed by atoms with Crippen molar-refractivity contribution in [1.82, 2.24) is 10.3 Å². The molecule has 0 saturated carbocycles. The van der Waals surface area contributed by atoms with E-state index in [1.54, 1.807) is 0 Å². The van der Waals surface area contributed by atoms with E-state index in [0.29, 0.717) is 12.1 Å². The molecule has 19 heavy (non-hydrogen) atoms. The predicted octanol–water partition coefficient (Wildman–Crippen LogP) is 4.08. The van der Waals surface area contributed by atoms with Gasteiger partial charge in [-0.15, -0.1) is 0 Å². The number of hydrogen-bond donors (Lipinski definition) is 1. The summed E-state index contributed by atoms with van der Waals surface area (Å²) in [7, 11) is 0. The molecule has 0 radical (unpaired) electrons. The van der Waals surface area contributed by atoms with Crippen molar-refractivity contribution in [2.45, 2.75) is 6.54 Å². The van der Waals surface area contributed by atoms with Crippen molar-refractivity contribution in [2.75, 3.05) is 0 Å². The number of rotatable bonds is 3. The van der Waals surface area contributed by atoms with E-state index < -0.39 is 0 Å². The fourth-order valence-electron chi connectivity index (χ4n) is 1.48. The minimum Gasteiger partial charge on any atom is -0.348 e. The molecule has 0 spiro atoms. The number of amides is 1. The molecule has 98 valence electrons. The Balaban J connectivity index is 2.03. The van der Waals surface area contributed by atoms with Gasteiger partial charge in [0, 0.05) is 16.6 Å². The maximum absolute atomic E-state index is 11.9. The molecule has 0 unspecified atom stereocenters. The van der Waals surface area contributed by atoms with Crippen LogP contribution in [0.25, 0.3) is 0 Å². The largest absolute Gasteiger partial charge is 0.348 e. The second-order valence-electron chi connectivity index (χ2n) is 3.81. The Kier molecular flexibility index (Phi) is 4.80. The number of nitrogens with one attached hydrogen (secondary N) is 1. The van der Waals surface area contributed by atoms with Crippen LogP contribution < -0.4 is 5.32 Å². The van der Waals surface area contributed by atoms with E-state index in [0.717, 1.165) is 10.0 Å². The molecule has 0 atom stereocenters. The van der Waals surface area contributed by atoms with Gasteiger partial charge in [0.15, 0.2) is 0 Å². The molecule has 1 heterocycles. The zero-order valence-electron chi connectivity index (χ0n) is 9.66. The van der Waals surface area contributed by atoms with E-state index in [2.05, 4.69) is 26.2 Å². The van der Waals surface area contributed by atoms with E-state index in [1.165, 1.54) is 12.1 Å². The maximum atomic E-state index is 11.9. The van der Waals surface area contributed by atoms with Crippen molar-refractivity contribution >= 4 is 45.0 Å². The van der Waals surface area contributed by atoms with E-state index in [-0.39, 0.29) is 16.2 Å². The molecule has 0 aliphatic heterocycles. The second-order valence-corrected chi connectivity index (χ2v) is 5.50. The third kappa shape index (κ3) is 4.20. The third-order valence-corrected chi connectivity index (χ3v) is 3.31. The van der Waals surface area contributed by atoms with Gasteiger partial charge in [-0.3, -0.25) is 4.79 Å². The van der Waals surface area contributed by atoms with E-state index in [9.17, 15) is 4.79 Å². The van der Waals surface area contributed by atoms with Crippen LogP contribution in [0.15, 0.2) is 40.9 Å². The SMILES string of the molecule is O=C(NCc1ccc(Br)cc1)c1cc(Cl)nc(Cl)c1. The highest BCUT2D eigenvalue weighted by atomic mass is 79.9. The van der Waals surface area contributed by atoms with Crippen LogP contribution in [-0.4, -0.2) is 10.9 Å². The summed E-state index contributed by atoms with van der Waals surface area (Å²) < 4.78 is 0.996. The fourth-order valence-corrected chi connectivity index (χ4v) is 2.21. The zero-order chi connectivity index (χ0) is 13.8. The monoisotopic (exact) mass is 358 g/mol. The average molecular weight is 360 g/mol. The summed E-state index contributed by atoms with van der Waals surface area (Å²) in [6, 6.07) is 10.6. The number of nitrogens with zero attached hydrogens (tertiary/aromatic N) is 1. The van der Waals surface area contributed by atoms with Crippen LogP contribution in [0.4, 0.5) is 0 Å². The quantitative estimate of drug-likeness (QED) is 0.839. The highest BCUT2D eigenvalue weighted by Gasteiger charge is 2.08. The molecule has 6 heteroatoms. The topological polar surface area (TPSA) is 42.0 Å². The molecule has 1 aromatic carbocycles. The lowest BCUT2D eigenvalue weighted by Crippen LogP contribution is -2.22. The van der Waals surface area contributed by atoms with Crippen LogP contribution in [-0.2, 0) is 6.54 Å². The Morgan fingerprint density at radius 1 is 1.16 bits per heavy atom. The number of carbonyl (C=O) groups is 1. The van der Waals surface area contributed by atoms with Crippen LogP contribution in [0.1, 0.15) is 15.9 Å². The van der Waals surface area contributed by atoms with Gasteiger partial charge < -0.3 is 5.32 Å². The first-order chi connectivity index (χ1) is 9.04. The second kappa shape index (κ2) is 6.37. The van der Waals surface area contributed by atoms with Crippen LogP contribution in [0.3, 0.4) is 0 Å². The molecular weight excluding hydrogens is 351 g/mol. The van der Waals surface area contributed by atoms with Gasteiger partial charge in [0.2, 0.25) is 0 Å². The molecule has 0 bridgehead atoms. The molecule has 0 fully saturated rings. The molecule has 0 aliphatic rings. The third-order valence-electron chi connectivity index (χ3n) is 2.39. The smallest absolute Gasteiger partial charge is 0.251 e. The lowest BCUT2D eigenvalue weighted by molar-refractivity contribution is 0.0951. The lowest BCUT2D eigenvalue weighted by Gasteiger charge is -2.06. The number of pyridine rings is 1. The summed E-state index contributed by atoms with van der Waals surface area (Å²) in [5.41, 5.74) is 1.39. The van der Waals surface area contributed by atoms with Gasteiger partial charge in [0.1, 0.15) is 10.3 Å². The Morgan fingerprint density at radius 3 is 2.32 bits per heavy atom. The lowest BCUT2D eigenvalue weighted by atomic mass is 10.2. The van der Waals surface area contributed by atoms with Gasteiger partial charge in [-0.05, 0) is 29.8 Å². The average Bonchev–Trinajstić information content (AvgIpc) is 2.36. The summed E-state index contributed by atoms with van der Waals surface area (Å²) in [4.78, 5) is 15.7. The van der Waals surface area contributed by atoms with Gasteiger partial charge in [-0.25, -0.2) is 4.98 Å². The summed E-state index contributed by atoms with van der Waals surface area (Å²) in [5.74, 6) is -0.242. The number of benzene rings is 1.